The molecule has 2 heterocycles. The van der Waals surface area contributed by atoms with Crippen molar-refractivity contribution in [1.29, 1.82) is 0 Å². The molecule has 2 rings (SSSR count). The SMILES string of the molecule is [B][C@]1(Cl)[C@H](O)[C@@H](CO)O[C@H]1n1ccc(=O)[nH]c1=O. The molecule has 4 atom stereocenters. The summed E-state index contributed by atoms with van der Waals surface area (Å²) in [5.41, 5.74) is -1.35. The van der Waals surface area contributed by atoms with Gasteiger partial charge in [0.25, 0.3) is 5.56 Å². The number of rotatable bonds is 2. The van der Waals surface area contributed by atoms with Crippen molar-refractivity contribution >= 4 is 19.4 Å². The molecule has 0 spiro atoms. The summed E-state index contributed by atoms with van der Waals surface area (Å²) in [6.45, 7) is -0.499. The lowest BCUT2D eigenvalue weighted by Gasteiger charge is -2.26. The number of aliphatic hydroxyl groups excluding tert-OH is 2. The highest BCUT2D eigenvalue weighted by atomic mass is 35.5. The maximum absolute atomic E-state index is 11.6. The minimum absolute atomic E-state index is 0.499. The van der Waals surface area contributed by atoms with Gasteiger partial charge in [0.05, 0.1) is 17.5 Å². The predicted octanol–water partition coefficient (Wildman–Crippen LogP) is -2.11. The standard InChI is InChI=1S/C9H10BClN2O5/c10-9(11)6(16)4(3-14)18-7(9)13-2-1-5(15)12-8(13)17/h1-2,4,6-7,14,16H,3H2,(H,12,15,17)/t4-,6-,7-,9+/m1/s1. The third kappa shape index (κ3) is 2.01. The van der Waals surface area contributed by atoms with E-state index >= 15 is 0 Å². The smallest absolute Gasteiger partial charge is 0.330 e. The fourth-order valence-electron chi connectivity index (χ4n) is 1.81. The molecule has 7 nitrogen and oxygen atoms in total. The van der Waals surface area contributed by atoms with Crippen LogP contribution in [0.3, 0.4) is 0 Å². The van der Waals surface area contributed by atoms with Crippen LogP contribution in [-0.2, 0) is 4.74 Å². The predicted molar refractivity (Wildman–Crippen MR) is 62.7 cm³/mol. The molecule has 0 saturated carbocycles. The van der Waals surface area contributed by atoms with E-state index in [2.05, 4.69) is 0 Å². The van der Waals surface area contributed by atoms with E-state index in [9.17, 15) is 14.7 Å². The Bertz CT molecular complexity index is 556. The Labute approximate surface area is 107 Å². The van der Waals surface area contributed by atoms with E-state index in [4.69, 9.17) is 29.3 Å². The zero-order valence-corrected chi connectivity index (χ0v) is 9.87. The fourth-order valence-corrected chi connectivity index (χ4v) is 2.11. The first kappa shape index (κ1) is 13.3. The lowest BCUT2D eigenvalue weighted by molar-refractivity contribution is -0.0462. The van der Waals surface area contributed by atoms with Crippen LogP contribution in [0.2, 0.25) is 0 Å². The van der Waals surface area contributed by atoms with Gasteiger partial charge in [0.1, 0.15) is 14.0 Å². The van der Waals surface area contributed by atoms with E-state index in [0.717, 1.165) is 16.8 Å². The van der Waals surface area contributed by atoms with E-state index in [1.807, 2.05) is 4.98 Å². The van der Waals surface area contributed by atoms with Crippen LogP contribution in [0.4, 0.5) is 0 Å². The number of nitrogens with zero attached hydrogens (tertiary/aromatic N) is 1. The summed E-state index contributed by atoms with van der Waals surface area (Å²) in [5.74, 6) is 0. The van der Waals surface area contributed by atoms with Crippen LogP contribution in [0.5, 0.6) is 0 Å². The highest BCUT2D eigenvalue weighted by Crippen LogP contribution is 2.40. The first-order chi connectivity index (χ1) is 8.37. The Hall–Kier alpha value is -1.09. The number of aromatic amines is 1. The van der Waals surface area contributed by atoms with Crippen molar-refractivity contribution in [3.05, 3.63) is 33.1 Å². The quantitative estimate of drug-likeness (QED) is 0.422. The second kappa shape index (κ2) is 4.54. The number of ether oxygens (including phenoxy) is 1. The van der Waals surface area contributed by atoms with Crippen LogP contribution in [-0.4, -0.2) is 51.2 Å². The van der Waals surface area contributed by atoms with Gasteiger partial charge in [-0.25, -0.2) is 4.79 Å². The van der Waals surface area contributed by atoms with Gasteiger partial charge in [-0.3, -0.25) is 14.3 Å². The number of nitrogens with one attached hydrogen (secondary N) is 1. The molecule has 1 saturated heterocycles. The molecular weight excluding hydrogens is 262 g/mol. The molecule has 96 valence electrons. The first-order valence-corrected chi connectivity index (χ1v) is 5.49. The van der Waals surface area contributed by atoms with Gasteiger partial charge < -0.3 is 14.9 Å². The van der Waals surface area contributed by atoms with Crippen LogP contribution in [0.15, 0.2) is 21.9 Å². The molecule has 1 fully saturated rings. The normalized spacial score (nSPS) is 35.8. The van der Waals surface area contributed by atoms with E-state index in [-0.39, 0.29) is 0 Å². The first-order valence-electron chi connectivity index (χ1n) is 5.11. The summed E-state index contributed by atoms with van der Waals surface area (Å²) in [6.07, 6.45) is -2.40. The minimum Gasteiger partial charge on any atom is -0.394 e. The average Bonchev–Trinajstić information content (AvgIpc) is 2.52. The van der Waals surface area contributed by atoms with Gasteiger partial charge in [-0.2, -0.15) is 0 Å². The highest BCUT2D eigenvalue weighted by Gasteiger charge is 2.52. The van der Waals surface area contributed by atoms with Crippen molar-refractivity contribution in [1.82, 2.24) is 9.55 Å². The van der Waals surface area contributed by atoms with E-state index < -0.39 is 41.1 Å². The maximum Gasteiger partial charge on any atom is 0.330 e. The third-order valence-electron chi connectivity index (χ3n) is 2.77. The molecule has 2 radical (unpaired) electrons. The Kier molecular flexibility index (Phi) is 3.37. The van der Waals surface area contributed by atoms with Gasteiger partial charge in [-0.1, -0.05) is 0 Å². The lowest BCUT2D eigenvalue weighted by atomic mass is 9.79. The van der Waals surface area contributed by atoms with Gasteiger partial charge >= 0.3 is 5.69 Å². The van der Waals surface area contributed by atoms with Crippen molar-refractivity contribution in [2.45, 2.75) is 23.2 Å². The molecule has 0 aliphatic carbocycles. The highest BCUT2D eigenvalue weighted by molar-refractivity contribution is 6.45. The van der Waals surface area contributed by atoms with Crippen molar-refractivity contribution in [2.75, 3.05) is 6.61 Å². The molecule has 1 aromatic rings. The summed E-state index contributed by atoms with van der Waals surface area (Å²) in [4.78, 5) is 24.5. The Balaban J connectivity index is 2.45. The Morgan fingerprint density at radius 3 is 2.78 bits per heavy atom. The van der Waals surface area contributed by atoms with Crippen molar-refractivity contribution < 1.29 is 14.9 Å². The molecule has 18 heavy (non-hydrogen) atoms. The van der Waals surface area contributed by atoms with Crippen molar-refractivity contribution in [2.24, 2.45) is 0 Å². The van der Waals surface area contributed by atoms with Gasteiger partial charge in [0.15, 0.2) is 6.23 Å². The lowest BCUT2D eigenvalue weighted by Crippen LogP contribution is -2.45. The summed E-state index contributed by atoms with van der Waals surface area (Å²) < 4.78 is 4.40. The monoisotopic (exact) mass is 272 g/mol. The summed E-state index contributed by atoms with van der Waals surface area (Å²) in [5, 5.41) is 18.8. The molecule has 0 aromatic carbocycles. The molecule has 0 amide bonds. The number of aliphatic hydroxyl groups is 2. The number of alkyl halides is 1. The van der Waals surface area contributed by atoms with E-state index in [1.54, 1.807) is 0 Å². The average molecular weight is 272 g/mol. The molecule has 0 unspecified atom stereocenters. The van der Waals surface area contributed by atoms with Crippen molar-refractivity contribution in [3.63, 3.8) is 0 Å². The van der Waals surface area contributed by atoms with Gasteiger partial charge in [-0.05, 0) is 0 Å². The largest absolute Gasteiger partial charge is 0.394 e. The van der Waals surface area contributed by atoms with Crippen LogP contribution in [0.1, 0.15) is 6.23 Å². The molecule has 1 aliphatic rings. The van der Waals surface area contributed by atoms with Crippen LogP contribution in [0, 0.1) is 0 Å². The number of hydrogen-bond donors (Lipinski definition) is 3. The number of hydrogen-bond acceptors (Lipinski definition) is 5. The fraction of sp³-hybridized carbons (Fsp3) is 0.556. The molecule has 1 aromatic heterocycles. The minimum atomic E-state index is -1.78. The molecule has 1 aliphatic heterocycles. The van der Waals surface area contributed by atoms with E-state index in [1.165, 1.54) is 0 Å². The second-order valence-corrected chi connectivity index (χ2v) is 4.65. The maximum atomic E-state index is 11.6. The Morgan fingerprint density at radius 2 is 2.28 bits per heavy atom. The molecular formula is C9H10BClN2O5. The summed E-state index contributed by atoms with van der Waals surface area (Å²) in [6, 6.07) is 1.09. The molecule has 3 N–H and O–H groups in total. The van der Waals surface area contributed by atoms with E-state index in [0.29, 0.717) is 0 Å². The number of H-pyrrole nitrogens is 1. The third-order valence-corrected chi connectivity index (χ3v) is 3.18. The van der Waals surface area contributed by atoms with Gasteiger partial charge in [0, 0.05) is 12.3 Å². The summed E-state index contributed by atoms with van der Waals surface area (Å²) >= 11 is 5.94. The summed E-state index contributed by atoms with van der Waals surface area (Å²) in [7, 11) is 5.70. The van der Waals surface area contributed by atoms with Crippen LogP contribution >= 0.6 is 11.6 Å². The van der Waals surface area contributed by atoms with Crippen molar-refractivity contribution in [3.8, 4) is 0 Å². The second-order valence-electron chi connectivity index (χ2n) is 4.00. The van der Waals surface area contributed by atoms with Crippen LogP contribution in [0.25, 0.3) is 0 Å². The zero-order chi connectivity index (χ0) is 13.5. The van der Waals surface area contributed by atoms with Gasteiger partial charge in [-0.15, -0.1) is 11.6 Å². The topological polar surface area (TPSA) is 105 Å². The number of halogens is 1. The van der Waals surface area contributed by atoms with Crippen LogP contribution < -0.4 is 11.2 Å². The molecule has 9 heteroatoms. The van der Waals surface area contributed by atoms with Gasteiger partial charge in [0.2, 0.25) is 0 Å². The number of aromatic nitrogens is 2. The molecule has 0 bridgehead atoms. The zero-order valence-electron chi connectivity index (χ0n) is 9.12. The Morgan fingerprint density at radius 1 is 1.61 bits per heavy atom.